The molecule has 0 bridgehead atoms. The number of amides is 1. The largest absolute Gasteiger partial charge is 0.352 e. The zero-order valence-corrected chi connectivity index (χ0v) is 11.3. The van der Waals surface area contributed by atoms with Crippen LogP contribution in [0.1, 0.15) is 35.8 Å². The molecule has 1 N–H and O–H groups in total. The topological polar surface area (TPSA) is 42.0 Å². The maximum atomic E-state index is 11.6. The zero-order chi connectivity index (χ0) is 12.0. The normalized spacial score (nSPS) is 12.2. The number of aryl methyl sites for hydroxylation is 1. The molecule has 1 unspecified atom stereocenters. The van der Waals surface area contributed by atoms with Crippen LogP contribution < -0.4 is 5.32 Å². The smallest absolute Gasteiger partial charge is 0.252 e. The van der Waals surface area contributed by atoms with Crippen LogP contribution in [0.5, 0.6) is 0 Å². The summed E-state index contributed by atoms with van der Waals surface area (Å²) in [6, 6.07) is 3.64. The zero-order valence-electron chi connectivity index (χ0n) is 9.66. The summed E-state index contributed by atoms with van der Waals surface area (Å²) < 4.78 is 0. The number of carbonyl (C=O) groups excluding carboxylic acids is 1. The summed E-state index contributed by atoms with van der Waals surface area (Å²) >= 11 is 3.47. The minimum atomic E-state index is -0.0466. The third-order valence-electron chi connectivity index (χ3n) is 2.24. The SMILES string of the molecule is Cc1ccc(C(=O)NCCCC(C)Br)cn1. The van der Waals surface area contributed by atoms with Gasteiger partial charge < -0.3 is 5.32 Å². The van der Waals surface area contributed by atoms with Gasteiger partial charge in [-0.1, -0.05) is 22.9 Å². The van der Waals surface area contributed by atoms with Gasteiger partial charge in [0.2, 0.25) is 0 Å². The third-order valence-corrected chi connectivity index (χ3v) is 2.70. The monoisotopic (exact) mass is 284 g/mol. The Morgan fingerprint density at radius 3 is 2.88 bits per heavy atom. The fraction of sp³-hybridized carbons (Fsp3) is 0.500. The van der Waals surface area contributed by atoms with Crippen LogP contribution in [0.15, 0.2) is 18.3 Å². The first-order chi connectivity index (χ1) is 7.59. The lowest BCUT2D eigenvalue weighted by Crippen LogP contribution is -2.24. The average molecular weight is 285 g/mol. The van der Waals surface area contributed by atoms with E-state index in [4.69, 9.17) is 0 Å². The van der Waals surface area contributed by atoms with Gasteiger partial charge >= 0.3 is 0 Å². The van der Waals surface area contributed by atoms with Gasteiger partial charge in [-0.2, -0.15) is 0 Å². The molecule has 0 aliphatic heterocycles. The van der Waals surface area contributed by atoms with Crippen molar-refractivity contribution < 1.29 is 4.79 Å². The van der Waals surface area contributed by atoms with Crippen molar-refractivity contribution in [3.05, 3.63) is 29.6 Å². The Hall–Kier alpha value is -0.900. The van der Waals surface area contributed by atoms with E-state index < -0.39 is 0 Å². The van der Waals surface area contributed by atoms with Gasteiger partial charge in [-0.15, -0.1) is 0 Å². The van der Waals surface area contributed by atoms with E-state index in [9.17, 15) is 4.79 Å². The van der Waals surface area contributed by atoms with Gasteiger partial charge in [-0.25, -0.2) is 0 Å². The minimum Gasteiger partial charge on any atom is -0.352 e. The fourth-order valence-corrected chi connectivity index (χ4v) is 1.61. The first-order valence-electron chi connectivity index (χ1n) is 5.44. The highest BCUT2D eigenvalue weighted by Crippen LogP contribution is 2.05. The molecule has 1 atom stereocenters. The maximum Gasteiger partial charge on any atom is 0.252 e. The van der Waals surface area contributed by atoms with E-state index in [2.05, 4.69) is 33.2 Å². The van der Waals surface area contributed by atoms with Crippen LogP contribution in [0, 0.1) is 6.92 Å². The van der Waals surface area contributed by atoms with Crippen molar-refractivity contribution in [2.75, 3.05) is 6.54 Å². The second kappa shape index (κ2) is 6.63. The molecule has 0 fully saturated rings. The fourth-order valence-electron chi connectivity index (χ4n) is 1.29. The number of hydrogen-bond acceptors (Lipinski definition) is 2. The van der Waals surface area contributed by atoms with Gasteiger partial charge in [-0.3, -0.25) is 9.78 Å². The van der Waals surface area contributed by atoms with Crippen molar-refractivity contribution in [3.63, 3.8) is 0 Å². The summed E-state index contributed by atoms with van der Waals surface area (Å²) in [5, 5.41) is 2.87. The van der Waals surface area contributed by atoms with Gasteiger partial charge in [0.05, 0.1) is 5.56 Å². The molecule has 0 saturated carbocycles. The standard InChI is InChI=1S/C12H17BrN2O/c1-9(13)4-3-7-14-12(16)11-6-5-10(2)15-8-11/h5-6,8-9H,3-4,7H2,1-2H3,(H,14,16). The van der Waals surface area contributed by atoms with Crippen molar-refractivity contribution in [1.82, 2.24) is 10.3 Å². The van der Waals surface area contributed by atoms with Crippen LogP contribution in [0.25, 0.3) is 0 Å². The molecule has 0 spiro atoms. The van der Waals surface area contributed by atoms with Crippen molar-refractivity contribution in [3.8, 4) is 0 Å². The van der Waals surface area contributed by atoms with Gasteiger partial charge in [0.25, 0.3) is 5.91 Å². The second-order valence-corrected chi connectivity index (χ2v) is 5.43. The van der Waals surface area contributed by atoms with Crippen LogP contribution in [0.3, 0.4) is 0 Å². The summed E-state index contributed by atoms with van der Waals surface area (Å²) in [5.41, 5.74) is 1.54. The Morgan fingerprint density at radius 2 is 2.31 bits per heavy atom. The Labute approximate surface area is 105 Å². The quantitative estimate of drug-likeness (QED) is 0.667. The number of pyridine rings is 1. The molecule has 1 aromatic heterocycles. The molecule has 1 aromatic rings. The highest BCUT2D eigenvalue weighted by molar-refractivity contribution is 9.09. The molecule has 4 heteroatoms. The van der Waals surface area contributed by atoms with Crippen molar-refractivity contribution in [2.24, 2.45) is 0 Å². The predicted octanol–water partition coefficient (Wildman–Crippen LogP) is 2.68. The summed E-state index contributed by atoms with van der Waals surface area (Å²) in [5.74, 6) is -0.0466. The molecule has 1 rings (SSSR count). The van der Waals surface area contributed by atoms with E-state index in [1.807, 2.05) is 13.0 Å². The van der Waals surface area contributed by atoms with Gasteiger partial charge in [0.1, 0.15) is 0 Å². The number of rotatable bonds is 5. The first kappa shape index (κ1) is 13.2. The number of nitrogens with zero attached hydrogens (tertiary/aromatic N) is 1. The van der Waals surface area contributed by atoms with E-state index in [0.717, 1.165) is 18.5 Å². The van der Waals surface area contributed by atoms with Crippen LogP contribution in [-0.4, -0.2) is 22.3 Å². The van der Waals surface area contributed by atoms with Crippen molar-refractivity contribution in [1.29, 1.82) is 0 Å². The molecule has 88 valence electrons. The Balaban J connectivity index is 2.32. The lowest BCUT2D eigenvalue weighted by Gasteiger charge is -2.06. The summed E-state index contributed by atoms with van der Waals surface area (Å²) in [6.45, 7) is 4.72. The molecule has 0 aliphatic rings. The molecule has 1 heterocycles. The lowest BCUT2D eigenvalue weighted by atomic mass is 10.2. The van der Waals surface area contributed by atoms with Crippen LogP contribution >= 0.6 is 15.9 Å². The first-order valence-corrected chi connectivity index (χ1v) is 6.36. The van der Waals surface area contributed by atoms with Gasteiger partial charge in [0.15, 0.2) is 0 Å². The number of aromatic nitrogens is 1. The summed E-state index contributed by atoms with van der Waals surface area (Å²) in [4.78, 5) is 16.2. The van der Waals surface area contributed by atoms with E-state index in [1.165, 1.54) is 0 Å². The molecular weight excluding hydrogens is 268 g/mol. The second-order valence-electron chi connectivity index (χ2n) is 3.87. The maximum absolute atomic E-state index is 11.6. The van der Waals surface area contributed by atoms with Crippen LogP contribution in [-0.2, 0) is 0 Å². The molecule has 3 nitrogen and oxygen atoms in total. The highest BCUT2D eigenvalue weighted by Gasteiger charge is 2.04. The van der Waals surface area contributed by atoms with Crippen LogP contribution in [0.4, 0.5) is 0 Å². The van der Waals surface area contributed by atoms with Crippen LogP contribution in [0.2, 0.25) is 0 Å². The predicted molar refractivity (Wildman–Crippen MR) is 68.9 cm³/mol. The molecule has 0 saturated heterocycles. The Kier molecular flexibility index (Phi) is 5.46. The van der Waals surface area contributed by atoms with E-state index >= 15 is 0 Å². The Morgan fingerprint density at radius 1 is 1.56 bits per heavy atom. The average Bonchev–Trinajstić information content (AvgIpc) is 2.25. The van der Waals surface area contributed by atoms with E-state index in [0.29, 0.717) is 16.9 Å². The molecule has 0 aromatic carbocycles. The molecule has 1 amide bonds. The van der Waals surface area contributed by atoms with Gasteiger partial charge in [0, 0.05) is 23.3 Å². The third kappa shape index (κ3) is 4.75. The van der Waals surface area contributed by atoms with Crippen molar-refractivity contribution in [2.45, 2.75) is 31.5 Å². The number of hydrogen-bond donors (Lipinski definition) is 1. The number of halogens is 1. The molecule has 0 radical (unpaired) electrons. The summed E-state index contributed by atoms with van der Waals surface area (Å²) in [6.07, 6.45) is 3.65. The van der Waals surface area contributed by atoms with Crippen molar-refractivity contribution >= 4 is 21.8 Å². The molecular formula is C12H17BrN2O. The molecule has 16 heavy (non-hydrogen) atoms. The number of alkyl halides is 1. The minimum absolute atomic E-state index is 0.0466. The van der Waals surface area contributed by atoms with E-state index in [1.54, 1.807) is 12.3 Å². The van der Waals surface area contributed by atoms with E-state index in [-0.39, 0.29) is 5.91 Å². The van der Waals surface area contributed by atoms with Gasteiger partial charge in [-0.05, 0) is 31.9 Å². The highest BCUT2D eigenvalue weighted by atomic mass is 79.9. The summed E-state index contributed by atoms with van der Waals surface area (Å²) in [7, 11) is 0. The number of carbonyl (C=O) groups is 1. The lowest BCUT2D eigenvalue weighted by molar-refractivity contribution is 0.0952. The molecule has 0 aliphatic carbocycles. The Bertz CT molecular complexity index is 335. The number of nitrogens with one attached hydrogen (secondary N) is 1.